The number of allylic oxidation sites excluding steroid dienone is 1. The topological polar surface area (TPSA) is 0 Å². The molecule has 0 aliphatic heterocycles. The van der Waals surface area contributed by atoms with E-state index in [1.807, 2.05) is 0 Å². The second-order valence-corrected chi connectivity index (χ2v) is 18.1. The Labute approximate surface area is 172 Å². The number of hydrogen-bond acceptors (Lipinski definition) is 0. The fourth-order valence-electron chi connectivity index (χ4n) is 4.07. The van der Waals surface area contributed by atoms with E-state index in [1.165, 1.54) is 19.9 Å². The van der Waals surface area contributed by atoms with Crippen molar-refractivity contribution in [3.05, 3.63) is 127 Å². The summed E-state index contributed by atoms with van der Waals surface area (Å²) in [5.74, 6) is 0. The molecule has 0 spiro atoms. The summed E-state index contributed by atoms with van der Waals surface area (Å²) in [6.45, 7) is 6.18. The first-order valence-electron chi connectivity index (χ1n) is 9.66. The van der Waals surface area contributed by atoms with Crippen molar-refractivity contribution in [3.63, 3.8) is 0 Å². The van der Waals surface area contributed by atoms with Crippen LogP contribution in [0.5, 0.6) is 0 Å². The van der Waals surface area contributed by atoms with Gasteiger partial charge in [0.05, 0.1) is 0 Å². The van der Waals surface area contributed by atoms with Gasteiger partial charge in [0.2, 0.25) is 0 Å². The zero-order valence-corrected chi connectivity index (χ0v) is 19.0. The molecule has 0 radical (unpaired) electrons. The summed E-state index contributed by atoms with van der Waals surface area (Å²) in [6, 6.07) is 42.5. The molecule has 136 valence electrons. The van der Waals surface area contributed by atoms with Gasteiger partial charge in [0.1, 0.15) is 0 Å². The molecular weight excluding hydrogens is 443 g/mol. The molecule has 0 saturated heterocycles. The summed E-state index contributed by atoms with van der Waals surface area (Å²) < 4.78 is 5.87. The van der Waals surface area contributed by atoms with Crippen molar-refractivity contribution >= 4 is 38.3 Å². The zero-order valence-electron chi connectivity index (χ0n) is 16.2. The Bertz CT molecular complexity index is 953. The van der Waals surface area contributed by atoms with Gasteiger partial charge < -0.3 is 0 Å². The Morgan fingerprint density at radius 1 is 0.500 bits per heavy atom. The fraction of sp³-hybridized carbons (Fsp3) is 0.0370. The van der Waals surface area contributed by atoms with Crippen LogP contribution in [-0.2, 0) is 0 Å². The summed E-state index contributed by atoms with van der Waals surface area (Å²) in [4.78, 5) is 0. The van der Waals surface area contributed by atoms with Gasteiger partial charge in [-0.15, -0.1) is 0 Å². The van der Waals surface area contributed by atoms with Crippen molar-refractivity contribution in [1.29, 1.82) is 0 Å². The van der Waals surface area contributed by atoms with Gasteiger partial charge >= 0.3 is 173 Å². The molecule has 4 rings (SSSR count). The molecule has 28 heavy (non-hydrogen) atoms. The summed E-state index contributed by atoms with van der Waals surface area (Å²) >= 11 is -3.42. The van der Waals surface area contributed by atoms with Crippen LogP contribution in [0, 0.1) is 0 Å². The van der Waals surface area contributed by atoms with Crippen LogP contribution in [-0.4, -0.2) is 18.4 Å². The number of rotatable bonds is 5. The van der Waals surface area contributed by atoms with Crippen molar-refractivity contribution < 1.29 is 0 Å². The maximum absolute atomic E-state index is 4.11. The van der Waals surface area contributed by atoms with Crippen LogP contribution in [0.15, 0.2) is 122 Å². The van der Waals surface area contributed by atoms with Crippen LogP contribution in [0.3, 0.4) is 0 Å². The molecule has 4 aromatic carbocycles. The van der Waals surface area contributed by atoms with Crippen LogP contribution in [0.4, 0.5) is 0 Å². The predicted octanol–water partition coefficient (Wildman–Crippen LogP) is 4.10. The van der Waals surface area contributed by atoms with E-state index in [4.69, 9.17) is 0 Å². The van der Waals surface area contributed by atoms with Crippen LogP contribution in [0.2, 0.25) is 0 Å². The van der Waals surface area contributed by atoms with E-state index in [1.54, 1.807) is 0 Å². The Balaban J connectivity index is 2.08. The van der Waals surface area contributed by atoms with E-state index in [2.05, 4.69) is 129 Å². The van der Waals surface area contributed by atoms with E-state index in [0.717, 1.165) is 5.57 Å². The molecule has 0 N–H and O–H groups in total. The van der Waals surface area contributed by atoms with Gasteiger partial charge in [0.15, 0.2) is 0 Å². The molecule has 0 bridgehead atoms. The molecule has 0 nitrogen and oxygen atoms in total. The van der Waals surface area contributed by atoms with Gasteiger partial charge in [-0.25, -0.2) is 0 Å². The minimum atomic E-state index is -3.42. The van der Waals surface area contributed by atoms with E-state index in [-0.39, 0.29) is 0 Å². The predicted molar refractivity (Wildman–Crippen MR) is 125 cm³/mol. The molecule has 0 fully saturated rings. The molecule has 1 heteroatoms. The maximum atomic E-state index is 4.11. The molecule has 4 aromatic rings. The van der Waals surface area contributed by atoms with Gasteiger partial charge in [0.25, 0.3) is 0 Å². The van der Waals surface area contributed by atoms with Crippen LogP contribution < -0.4 is 14.3 Å². The second kappa shape index (κ2) is 8.20. The van der Waals surface area contributed by atoms with Gasteiger partial charge in [-0.2, -0.15) is 0 Å². The fourth-order valence-corrected chi connectivity index (χ4v) is 17.6. The second-order valence-electron chi connectivity index (χ2n) is 7.21. The van der Waals surface area contributed by atoms with Gasteiger partial charge in [-0.3, -0.25) is 0 Å². The van der Waals surface area contributed by atoms with Gasteiger partial charge in [-0.05, 0) is 0 Å². The zero-order chi connectivity index (χ0) is 19.4. The molecule has 0 aliphatic carbocycles. The van der Waals surface area contributed by atoms with Gasteiger partial charge in [-0.1, -0.05) is 0 Å². The van der Waals surface area contributed by atoms with Crippen molar-refractivity contribution in [1.82, 2.24) is 0 Å². The molecule has 0 aliphatic rings. The Hall–Kier alpha value is -2.58. The van der Waals surface area contributed by atoms with E-state index >= 15 is 0 Å². The number of hydrogen-bond donors (Lipinski definition) is 0. The third-order valence-electron chi connectivity index (χ3n) is 5.43. The standard InChI is InChI=1S/C9H9.3C6H5.Sn/c1-8(2)9-6-4-3-5-7-9;3*1-2-4-6-5-3-1;/h4-7H,1H2,2H3;3*1-5H;. The molecule has 0 saturated carbocycles. The summed E-state index contributed by atoms with van der Waals surface area (Å²) in [6.07, 6.45) is 0. The average Bonchev–Trinajstić information content (AvgIpc) is 2.77. The first-order valence-corrected chi connectivity index (χ1v) is 15.4. The molecule has 0 heterocycles. The SMILES string of the molecule is C=C(C)c1cc[c]([Sn]([c]2ccccc2)([c]2ccccc2)[c]2ccccc2)cc1. The Morgan fingerprint density at radius 2 is 0.821 bits per heavy atom. The van der Waals surface area contributed by atoms with Crippen molar-refractivity contribution in [2.45, 2.75) is 6.92 Å². The number of benzene rings is 4. The first-order chi connectivity index (χ1) is 13.7. The summed E-state index contributed by atoms with van der Waals surface area (Å²) in [7, 11) is 0. The normalized spacial score (nSPS) is 11.2. The van der Waals surface area contributed by atoms with E-state index < -0.39 is 18.4 Å². The monoisotopic (exact) mass is 468 g/mol. The van der Waals surface area contributed by atoms with E-state index in [9.17, 15) is 0 Å². The Morgan fingerprint density at radius 3 is 1.14 bits per heavy atom. The van der Waals surface area contributed by atoms with Crippen molar-refractivity contribution in [2.24, 2.45) is 0 Å². The van der Waals surface area contributed by atoms with Crippen LogP contribution in [0.25, 0.3) is 5.57 Å². The molecule has 0 atom stereocenters. The minimum absolute atomic E-state index is 1.10. The third kappa shape index (κ3) is 3.33. The van der Waals surface area contributed by atoms with Crippen molar-refractivity contribution in [3.8, 4) is 0 Å². The first kappa shape index (κ1) is 18.8. The summed E-state index contributed by atoms with van der Waals surface area (Å²) in [5, 5.41) is 0. The third-order valence-corrected chi connectivity index (χ3v) is 19.1. The van der Waals surface area contributed by atoms with Crippen LogP contribution >= 0.6 is 0 Å². The summed E-state index contributed by atoms with van der Waals surface area (Å²) in [5.41, 5.74) is 2.31. The van der Waals surface area contributed by atoms with E-state index in [0.29, 0.717) is 0 Å². The molecule has 0 unspecified atom stereocenters. The molecule has 0 amide bonds. The Kier molecular flexibility index (Phi) is 5.49. The molecule has 0 aromatic heterocycles. The van der Waals surface area contributed by atoms with Gasteiger partial charge in [0, 0.05) is 0 Å². The van der Waals surface area contributed by atoms with Crippen LogP contribution in [0.1, 0.15) is 12.5 Å². The average molecular weight is 467 g/mol. The molecular formula is C27H24Sn. The van der Waals surface area contributed by atoms with Crippen molar-refractivity contribution in [2.75, 3.05) is 0 Å². The quantitative estimate of drug-likeness (QED) is 0.388.